The number of nitrogens with zero attached hydrogens (tertiary/aromatic N) is 2. The number of hydrogen-bond donors (Lipinski definition) is 3. The van der Waals surface area contributed by atoms with Crippen LogP contribution in [0.25, 0.3) is 6.20 Å². The zero-order valence-corrected chi connectivity index (χ0v) is 19.6. The minimum Gasteiger partial charge on any atom is -0.477 e. The van der Waals surface area contributed by atoms with Gasteiger partial charge in [-0.05, 0) is 69.6 Å². The molecular formula is C24H37N5O3. The van der Waals surface area contributed by atoms with Crippen molar-refractivity contribution in [2.45, 2.75) is 71.4 Å². The van der Waals surface area contributed by atoms with Crippen LogP contribution in [0.4, 0.5) is 0 Å². The molecule has 0 spiro atoms. The van der Waals surface area contributed by atoms with Crippen LogP contribution >= 0.6 is 0 Å². The van der Waals surface area contributed by atoms with Gasteiger partial charge in [-0.25, -0.2) is 4.68 Å². The van der Waals surface area contributed by atoms with E-state index in [9.17, 15) is 9.59 Å². The van der Waals surface area contributed by atoms with E-state index >= 15 is 0 Å². The molecular weight excluding hydrogens is 406 g/mol. The lowest BCUT2D eigenvalue weighted by Crippen LogP contribution is -2.64. The lowest BCUT2D eigenvalue weighted by molar-refractivity contribution is -0.123. The minimum atomic E-state index is -0.845. The number of ether oxygens (including phenoxy) is 1. The van der Waals surface area contributed by atoms with Crippen LogP contribution in [-0.4, -0.2) is 39.8 Å². The number of hydrogen-bond acceptors (Lipinski definition) is 5. The first-order chi connectivity index (χ1) is 15.0. The Morgan fingerprint density at radius 2 is 1.97 bits per heavy atom. The Bertz CT molecular complexity index is 903. The summed E-state index contributed by atoms with van der Waals surface area (Å²) < 4.78 is 7.50. The third kappa shape index (κ3) is 4.42. The van der Waals surface area contributed by atoms with Crippen LogP contribution in [0.2, 0.25) is 0 Å². The summed E-state index contributed by atoms with van der Waals surface area (Å²) in [6.07, 6.45) is 10.3. The van der Waals surface area contributed by atoms with Gasteiger partial charge in [0.15, 0.2) is 0 Å². The van der Waals surface area contributed by atoms with Gasteiger partial charge >= 0.3 is 0 Å². The van der Waals surface area contributed by atoms with Gasteiger partial charge in [-0.2, -0.15) is 5.10 Å². The molecule has 4 aliphatic rings. The first-order valence-electron chi connectivity index (χ1n) is 11.8. The molecule has 8 nitrogen and oxygen atoms in total. The van der Waals surface area contributed by atoms with E-state index < -0.39 is 11.3 Å². The SMILES string of the molecule is CC(C)COc1c(C(=O)N[C@H]2C3CC4CC2C[C@](N)(C4)C3)cnn1/C=C/C(C)(C)C(N)=O. The van der Waals surface area contributed by atoms with Crippen molar-refractivity contribution in [3.8, 4) is 5.88 Å². The average molecular weight is 444 g/mol. The third-order valence-corrected chi connectivity index (χ3v) is 7.43. The Labute approximate surface area is 190 Å². The molecule has 1 aromatic heterocycles. The molecule has 1 heterocycles. The lowest BCUT2D eigenvalue weighted by Gasteiger charge is -2.58. The highest BCUT2D eigenvalue weighted by atomic mass is 16.5. The molecule has 5 N–H and O–H groups in total. The summed E-state index contributed by atoms with van der Waals surface area (Å²) in [6, 6.07) is 0.154. The second kappa shape index (κ2) is 8.21. The van der Waals surface area contributed by atoms with E-state index in [0.717, 1.165) is 32.1 Å². The molecule has 2 unspecified atom stereocenters. The van der Waals surface area contributed by atoms with E-state index in [1.807, 2.05) is 13.8 Å². The number of primary amides is 1. The summed E-state index contributed by atoms with van der Waals surface area (Å²) in [7, 11) is 0. The molecule has 4 aliphatic carbocycles. The Morgan fingerprint density at radius 3 is 2.53 bits per heavy atom. The number of aromatic nitrogens is 2. The highest BCUT2D eigenvalue weighted by Gasteiger charge is 2.54. The first kappa shape index (κ1) is 22.8. The highest BCUT2D eigenvalue weighted by molar-refractivity contribution is 5.96. The van der Waals surface area contributed by atoms with E-state index in [1.54, 1.807) is 26.1 Å². The molecule has 4 fully saturated rings. The summed E-state index contributed by atoms with van der Waals surface area (Å²) in [6.45, 7) is 8.00. The molecule has 4 bridgehead atoms. The average Bonchev–Trinajstić information content (AvgIpc) is 3.09. The van der Waals surface area contributed by atoms with Gasteiger partial charge in [0, 0.05) is 17.8 Å². The van der Waals surface area contributed by atoms with Crippen LogP contribution in [0.3, 0.4) is 0 Å². The van der Waals surface area contributed by atoms with Crippen molar-refractivity contribution in [3.05, 3.63) is 17.8 Å². The van der Waals surface area contributed by atoms with Crippen molar-refractivity contribution in [1.29, 1.82) is 0 Å². The summed E-state index contributed by atoms with van der Waals surface area (Å²) in [4.78, 5) is 25.0. The van der Waals surface area contributed by atoms with Crippen molar-refractivity contribution >= 4 is 18.0 Å². The molecule has 2 atom stereocenters. The minimum absolute atomic E-state index is 0.0355. The smallest absolute Gasteiger partial charge is 0.258 e. The fraction of sp³-hybridized carbons (Fsp3) is 0.708. The third-order valence-electron chi connectivity index (χ3n) is 7.43. The van der Waals surface area contributed by atoms with E-state index in [2.05, 4.69) is 10.4 Å². The normalized spacial score (nSPS) is 31.4. The second-order valence-electron chi connectivity index (χ2n) is 11.2. The zero-order chi connectivity index (χ0) is 23.3. The number of nitrogens with two attached hydrogens (primary N) is 2. The summed E-state index contributed by atoms with van der Waals surface area (Å²) in [5.41, 5.74) is 11.6. The van der Waals surface area contributed by atoms with Crippen LogP contribution < -0.4 is 21.5 Å². The van der Waals surface area contributed by atoms with Crippen LogP contribution in [0.15, 0.2) is 12.3 Å². The van der Waals surface area contributed by atoms with Gasteiger partial charge in [0.2, 0.25) is 11.8 Å². The Hall–Kier alpha value is -2.35. The molecule has 4 saturated carbocycles. The largest absolute Gasteiger partial charge is 0.477 e. The Morgan fingerprint density at radius 1 is 1.31 bits per heavy atom. The standard InChI is InChI=1S/C24H37N5O3/c1-14(2)13-32-21-18(12-27-29(21)6-5-23(3,4)22(25)31)20(30)28-19-16-7-15-8-17(19)11-24(26,9-15)10-16/h5-6,12,14-17,19H,7-11,13,26H2,1-4H3,(H2,25,31)(H,28,30)/b6-5+/t15?,16?,17?,19-,24-. The maximum atomic E-state index is 13.3. The number of amides is 2. The molecule has 0 aliphatic heterocycles. The maximum Gasteiger partial charge on any atom is 0.258 e. The van der Waals surface area contributed by atoms with E-state index in [4.69, 9.17) is 16.2 Å². The molecule has 176 valence electrons. The predicted molar refractivity (Wildman–Crippen MR) is 123 cm³/mol. The number of carbonyl (C=O) groups excluding carboxylic acids is 2. The van der Waals surface area contributed by atoms with Gasteiger partial charge in [0.05, 0.1) is 18.2 Å². The zero-order valence-electron chi connectivity index (χ0n) is 19.6. The van der Waals surface area contributed by atoms with Gasteiger partial charge < -0.3 is 21.5 Å². The molecule has 32 heavy (non-hydrogen) atoms. The van der Waals surface area contributed by atoms with Crippen molar-refractivity contribution in [1.82, 2.24) is 15.1 Å². The maximum absolute atomic E-state index is 13.3. The van der Waals surface area contributed by atoms with Gasteiger partial charge in [-0.1, -0.05) is 19.9 Å². The van der Waals surface area contributed by atoms with Crippen molar-refractivity contribution in [2.24, 2.45) is 40.6 Å². The molecule has 0 saturated heterocycles. The second-order valence-corrected chi connectivity index (χ2v) is 11.2. The Kier molecular flexibility index (Phi) is 5.86. The monoisotopic (exact) mass is 443 g/mol. The molecule has 2 amide bonds. The number of carbonyl (C=O) groups is 2. The summed E-state index contributed by atoms with van der Waals surface area (Å²) >= 11 is 0. The highest BCUT2D eigenvalue weighted by Crippen LogP contribution is 2.54. The van der Waals surface area contributed by atoms with Crippen LogP contribution in [-0.2, 0) is 4.79 Å². The van der Waals surface area contributed by atoms with Gasteiger partial charge in [0.25, 0.3) is 5.91 Å². The number of rotatable bonds is 8. The molecule has 5 rings (SSSR count). The fourth-order valence-electron chi connectivity index (χ4n) is 5.89. The van der Waals surface area contributed by atoms with Crippen molar-refractivity contribution < 1.29 is 14.3 Å². The predicted octanol–water partition coefficient (Wildman–Crippen LogP) is 2.54. The van der Waals surface area contributed by atoms with Gasteiger partial charge in [-0.15, -0.1) is 0 Å². The quantitative estimate of drug-likeness (QED) is 0.569. The number of nitrogens with one attached hydrogen (secondary N) is 1. The van der Waals surface area contributed by atoms with Crippen LogP contribution in [0.5, 0.6) is 5.88 Å². The van der Waals surface area contributed by atoms with E-state index in [-0.39, 0.29) is 23.4 Å². The lowest BCUT2D eigenvalue weighted by atomic mass is 9.51. The van der Waals surface area contributed by atoms with E-state index in [1.165, 1.54) is 10.9 Å². The molecule has 0 aromatic carbocycles. The molecule has 8 heteroatoms. The molecule has 1 aromatic rings. The fourth-order valence-corrected chi connectivity index (χ4v) is 5.89. The summed E-state index contributed by atoms with van der Waals surface area (Å²) in [5, 5.41) is 7.65. The topological polar surface area (TPSA) is 125 Å². The van der Waals surface area contributed by atoms with Gasteiger partial charge in [-0.3, -0.25) is 9.59 Å². The summed E-state index contributed by atoms with van der Waals surface area (Å²) in [5.74, 6) is 1.65. The first-order valence-corrected chi connectivity index (χ1v) is 11.8. The van der Waals surface area contributed by atoms with Crippen LogP contribution in [0.1, 0.15) is 70.2 Å². The Balaban J connectivity index is 1.54. The van der Waals surface area contributed by atoms with E-state index in [0.29, 0.717) is 35.8 Å². The van der Waals surface area contributed by atoms with Gasteiger partial charge in [0.1, 0.15) is 5.56 Å². The van der Waals surface area contributed by atoms with Crippen molar-refractivity contribution in [2.75, 3.05) is 6.61 Å². The molecule has 0 radical (unpaired) electrons. The van der Waals surface area contributed by atoms with Crippen molar-refractivity contribution in [3.63, 3.8) is 0 Å². The van der Waals surface area contributed by atoms with Crippen LogP contribution in [0, 0.1) is 29.1 Å².